The molecule has 4 heterocycles. The number of nitrogens with one attached hydrogen (secondary N) is 2. The van der Waals surface area contributed by atoms with Crippen LogP contribution in [0.1, 0.15) is 64.2 Å². The number of anilines is 2. The van der Waals surface area contributed by atoms with E-state index in [1.807, 2.05) is 0 Å². The average molecular weight is 505 g/mol. The molecule has 2 N–H and O–H groups in total. The van der Waals surface area contributed by atoms with Crippen LogP contribution in [0.3, 0.4) is 0 Å². The molecule has 7 rings (SSSR count). The largest absolute Gasteiger partial charge is 0.367 e. The number of nitrogens with zero attached hydrogens (tertiary/aromatic N) is 4. The predicted octanol–water partition coefficient (Wildman–Crippen LogP) is 7.81. The highest BCUT2D eigenvalue weighted by Crippen LogP contribution is 2.35. The van der Waals surface area contributed by atoms with Crippen molar-refractivity contribution < 1.29 is 0 Å². The van der Waals surface area contributed by atoms with Crippen molar-refractivity contribution in [1.82, 2.24) is 18.8 Å². The number of benzene rings is 1. The van der Waals surface area contributed by atoms with Gasteiger partial charge in [-0.05, 0) is 49.9 Å². The predicted molar refractivity (Wildman–Crippen MR) is 156 cm³/mol. The van der Waals surface area contributed by atoms with Crippen molar-refractivity contribution in [3.05, 3.63) is 73.1 Å². The Morgan fingerprint density at radius 2 is 0.947 bits per heavy atom. The molecule has 2 aliphatic rings. The Hall–Kier alpha value is -3.80. The maximum Gasteiger partial charge on any atom is 0.139 e. The third kappa shape index (κ3) is 4.42. The zero-order valence-corrected chi connectivity index (χ0v) is 21.9. The van der Waals surface area contributed by atoms with Gasteiger partial charge in [0.15, 0.2) is 0 Å². The Labute approximate surface area is 224 Å². The summed E-state index contributed by atoms with van der Waals surface area (Å²) >= 11 is 0. The lowest BCUT2D eigenvalue weighted by Gasteiger charge is -2.24. The number of hydrogen-bond donors (Lipinski definition) is 2. The van der Waals surface area contributed by atoms with Crippen molar-refractivity contribution >= 4 is 22.9 Å². The highest BCUT2D eigenvalue weighted by Gasteiger charge is 2.22. The Balaban J connectivity index is 1.25. The van der Waals surface area contributed by atoms with Gasteiger partial charge in [0.05, 0.1) is 0 Å². The molecular weight excluding hydrogens is 468 g/mol. The first-order valence-corrected chi connectivity index (χ1v) is 14.4. The summed E-state index contributed by atoms with van der Waals surface area (Å²) < 4.78 is 4.40. The van der Waals surface area contributed by atoms with Crippen molar-refractivity contribution in [1.29, 1.82) is 0 Å². The van der Waals surface area contributed by atoms with Gasteiger partial charge in [-0.3, -0.25) is 8.80 Å². The van der Waals surface area contributed by atoms with Crippen LogP contribution < -0.4 is 10.6 Å². The van der Waals surface area contributed by atoms with E-state index < -0.39 is 0 Å². The molecule has 0 saturated heterocycles. The molecule has 2 aliphatic carbocycles. The van der Waals surface area contributed by atoms with Gasteiger partial charge in [-0.25, -0.2) is 9.97 Å². The number of hydrogen-bond acceptors (Lipinski definition) is 4. The van der Waals surface area contributed by atoms with Gasteiger partial charge in [-0.15, -0.1) is 0 Å². The highest BCUT2D eigenvalue weighted by molar-refractivity contribution is 5.81. The van der Waals surface area contributed by atoms with Gasteiger partial charge in [0, 0.05) is 35.6 Å². The van der Waals surface area contributed by atoms with Crippen LogP contribution in [0.25, 0.3) is 33.8 Å². The van der Waals surface area contributed by atoms with E-state index in [0.717, 1.165) is 45.4 Å². The molecule has 2 fully saturated rings. The molecule has 4 aromatic heterocycles. The molecule has 38 heavy (non-hydrogen) atoms. The Morgan fingerprint density at radius 3 is 1.37 bits per heavy atom. The molecule has 6 nitrogen and oxygen atoms in total. The minimum Gasteiger partial charge on any atom is -0.367 e. The van der Waals surface area contributed by atoms with Crippen LogP contribution in [0.2, 0.25) is 0 Å². The van der Waals surface area contributed by atoms with E-state index in [2.05, 4.69) is 92.5 Å². The second-order valence-corrected chi connectivity index (χ2v) is 11.0. The number of imidazole rings is 2. The molecule has 6 heteroatoms. The van der Waals surface area contributed by atoms with Crippen LogP contribution in [0.5, 0.6) is 0 Å². The van der Waals surface area contributed by atoms with E-state index in [1.165, 1.54) is 64.2 Å². The minimum atomic E-state index is 0.508. The van der Waals surface area contributed by atoms with E-state index in [9.17, 15) is 0 Å². The molecule has 0 aliphatic heterocycles. The summed E-state index contributed by atoms with van der Waals surface area (Å²) in [5, 5.41) is 7.73. The van der Waals surface area contributed by atoms with E-state index >= 15 is 0 Å². The minimum absolute atomic E-state index is 0.508. The summed E-state index contributed by atoms with van der Waals surface area (Å²) in [6, 6.07) is 22.3. The van der Waals surface area contributed by atoms with Crippen molar-refractivity contribution in [2.75, 3.05) is 10.6 Å². The topological polar surface area (TPSA) is 58.7 Å². The van der Waals surface area contributed by atoms with Gasteiger partial charge in [0.2, 0.25) is 0 Å². The monoisotopic (exact) mass is 504 g/mol. The molecule has 0 amide bonds. The number of rotatable bonds is 6. The van der Waals surface area contributed by atoms with Crippen molar-refractivity contribution in [2.24, 2.45) is 0 Å². The second kappa shape index (κ2) is 10.2. The fraction of sp³-hybridized carbons (Fsp3) is 0.375. The molecular formula is C32H36N6. The van der Waals surface area contributed by atoms with Crippen molar-refractivity contribution in [3.63, 3.8) is 0 Å². The van der Waals surface area contributed by atoms with E-state index in [1.54, 1.807) is 0 Å². The van der Waals surface area contributed by atoms with E-state index in [4.69, 9.17) is 9.97 Å². The summed E-state index contributed by atoms with van der Waals surface area (Å²) in [6.45, 7) is 0. The summed E-state index contributed by atoms with van der Waals surface area (Å²) in [6.07, 6.45) is 17.0. The fourth-order valence-corrected chi connectivity index (χ4v) is 6.34. The normalized spacial score (nSPS) is 17.3. The van der Waals surface area contributed by atoms with Gasteiger partial charge in [-0.2, -0.15) is 0 Å². The van der Waals surface area contributed by atoms with Crippen LogP contribution in [0.4, 0.5) is 11.6 Å². The first kappa shape index (κ1) is 23.3. The molecule has 1 aromatic carbocycles. The van der Waals surface area contributed by atoms with Gasteiger partial charge in [0.1, 0.15) is 34.3 Å². The van der Waals surface area contributed by atoms with Gasteiger partial charge in [0.25, 0.3) is 0 Å². The number of pyridine rings is 2. The van der Waals surface area contributed by atoms with Gasteiger partial charge < -0.3 is 10.6 Å². The van der Waals surface area contributed by atoms with Crippen LogP contribution in [0, 0.1) is 0 Å². The second-order valence-electron chi connectivity index (χ2n) is 11.0. The van der Waals surface area contributed by atoms with E-state index in [0.29, 0.717) is 12.1 Å². The SMILES string of the molecule is c1ccn2c(NC3CCCCC3)c(-c3ccc(-c4nc5ccccn5c4NC4CCCCC4)cc3)nc2c1. The zero-order chi connectivity index (χ0) is 25.3. The summed E-state index contributed by atoms with van der Waals surface area (Å²) in [7, 11) is 0. The highest BCUT2D eigenvalue weighted by atomic mass is 15.2. The van der Waals surface area contributed by atoms with Crippen LogP contribution in [-0.4, -0.2) is 30.9 Å². The summed E-state index contributed by atoms with van der Waals surface area (Å²) in [5.41, 5.74) is 6.24. The quantitative estimate of drug-likeness (QED) is 0.248. The lowest BCUT2D eigenvalue weighted by Crippen LogP contribution is -2.23. The molecule has 5 aromatic rings. The molecule has 0 radical (unpaired) electrons. The summed E-state index contributed by atoms with van der Waals surface area (Å²) in [5.74, 6) is 2.21. The summed E-state index contributed by atoms with van der Waals surface area (Å²) in [4.78, 5) is 10.1. The molecule has 0 unspecified atom stereocenters. The number of fused-ring (bicyclic) bond motifs is 2. The Kier molecular flexibility index (Phi) is 6.24. The molecule has 0 spiro atoms. The fourth-order valence-electron chi connectivity index (χ4n) is 6.34. The smallest absolute Gasteiger partial charge is 0.139 e. The molecule has 194 valence electrons. The van der Waals surface area contributed by atoms with Crippen LogP contribution in [0.15, 0.2) is 73.1 Å². The Morgan fingerprint density at radius 1 is 0.526 bits per heavy atom. The first-order chi connectivity index (χ1) is 18.8. The number of aromatic nitrogens is 4. The Bertz CT molecular complexity index is 1420. The van der Waals surface area contributed by atoms with Gasteiger partial charge >= 0.3 is 0 Å². The zero-order valence-electron chi connectivity index (χ0n) is 21.9. The van der Waals surface area contributed by atoms with Gasteiger partial charge in [-0.1, -0.05) is 74.9 Å². The molecule has 0 atom stereocenters. The van der Waals surface area contributed by atoms with Crippen molar-refractivity contribution in [2.45, 2.75) is 76.3 Å². The van der Waals surface area contributed by atoms with Crippen LogP contribution in [-0.2, 0) is 0 Å². The molecule has 0 bridgehead atoms. The van der Waals surface area contributed by atoms with E-state index in [-0.39, 0.29) is 0 Å². The standard InChI is InChI=1S/C32H36N6/c1-3-11-25(12-4-1)33-31-29(35-27-15-7-9-21-37(27)31)23-17-19-24(20-18-23)30-32(34-26-13-5-2-6-14-26)38-22-10-8-16-28(38)36-30/h7-10,15-22,25-26,33-34H,1-6,11-14H2. The first-order valence-electron chi connectivity index (χ1n) is 14.4. The average Bonchev–Trinajstić information content (AvgIpc) is 3.53. The molecule has 2 saturated carbocycles. The lowest BCUT2D eigenvalue weighted by atomic mass is 9.95. The van der Waals surface area contributed by atoms with Crippen molar-refractivity contribution in [3.8, 4) is 22.5 Å². The third-order valence-corrected chi connectivity index (χ3v) is 8.38. The maximum absolute atomic E-state index is 5.05. The lowest BCUT2D eigenvalue weighted by molar-refractivity contribution is 0.461. The van der Waals surface area contributed by atoms with Crippen LogP contribution >= 0.6 is 0 Å². The third-order valence-electron chi connectivity index (χ3n) is 8.38. The maximum atomic E-state index is 5.05.